The highest BCUT2D eigenvalue weighted by Gasteiger charge is 2.14. The molecule has 1 aromatic carbocycles. The van der Waals surface area contributed by atoms with Gasteiger partial charge in [-0.1, -0.05) is 0 Å². The van der Waals surface area contributed by atoms with Crippen LogP contribution in [0.25, 0.3) is 0 Å². The first-order valence-electron chi connectivity index (χ1n) is 4.94. The lowest BCUT2D eigenvalue weighted by Gasteiger charge is -2.19. The first-order valence-corrected chi connectivity index (χ1v) is 6.55. The van der Waals surface area contributed by atoms with Crippen molar-refractivity contribution in [3.63, 3.8) is 0 Å². The number of alkyl halides is 1. The molecule has 3 nitrogen and oxygen atoms in total. The van der Waals surface area contributed by atoms with Crippen LogP contribution in [-0.4, -0.2) is 34.9 Å². The Morgan fingerprint density at radius 3 is 2.75 bits per heavy atom. The number of rotatable bonds is 4. The molecule has 0 aliphatic carbocycles. The van der Waals surface area contributed by atoms with Crippen molar-refractivity contribution in [2.45, 2.75) is 6.92 Å². The molecule has 0 radical (unpaired) electrons. The lowest BCUT2D eigenvalue weighted by molar-refractivity contribution is 0.0773. The molecule has 88 valence electrons. The summed E-state index contributed by atoms with van der Waals surface area (Å²) in [5.41, 5.74) is 0.491. The fraction of sp³-hybridized carbons (Fsp3) is 0.364. The summed E-state index contributed by atoms with van der Waals surface area (Å²) in [5.74, 6) is 0.443. The summed E-state index contributed by atoms with van der Waals surface area (Å²) in [6.45, 7) is 3.03. The number of halogens is 2. The molecule has 5 heteroatoms. The van der Waals surface area contributed by atoms with E-state index in [4.69, 9.17) is 11.6 Å². The van der Waals surface area contributed by atoms with Crippen molar-refractivity contribution in [1.82, 2.24) is 4.90 Å². The van der Waals surface area contributed by atoms with E-state index in [1.807, 2.05) is 29.5 Å². The zero-order valence-electron chi connectivity index (χ0n) is 8.91. The molecule has 0 aliphatic heterocycles. The molecule has 0 fully saturated rings. The van der Waals surface area contributed by atoms with Crippen LogP contribution in [-0.2, 0) is 0 Å². The van der Waals surface area contributed by atoms with Crippen molar-refractivity contribution in [2.24, 2.45) is 0 Å². The first-order chi connectivity index (χ1) is 7.60. The van der Waals surface area contributed by atoms with E-state index in [1.54, 1.807) is 17.0 Å². The smallest absolute Gasteiger partial charge is 0.254 e. The van der Waals surface area contributed by atoms with Crippen molar-refractivity contribution >= 4 is 40.1 Å². The highest BCUT2D eigenvalue weighted by Crippen LogP contribution is 2.21. The minimum absolute atomic E-state index is 0.102. The normalized spacial score (nSPS) is 10.2. The van der Waals surface area contributed by atoms with Crippen LogP contribution in [0.4, 0.5) is 0 Å². The summed E-state index contributed by atoms with van der Waals surface area (Å²) >= 11 is 7.63. The third kappa shape index (κ3) is 3.25. The minimum atomic E-state index is -0.102. The summed E-state index contributed by atoms with van der Waals surface area (Å²) in [6, 6.07) is 4.92. The van der Waals surface area contributed by atoms with E-state index in [-0.39, 0.29) is 11.7 Å². The Labute approximate surface area is 114 Å². The lowest BCUT2D eigenvalue weighted by Crippen LogP contribution is -2.32. The first kappa shape index (κ1) is 13.6. The molecule has 0 heterocycles. The topological polar surface area (TPSA) is 40.5 Å². The van der Waals surface area contributed by atoms with Crippen LogP contribution in [0.1, 0.15) is 17.3 Å². The van der Waals surface area contributed by atoms with Gasteiger partial charge in [0.2, 0.25) is 0 Å². The summed E-state index contributed by atoms with van der Waals surface area (Å²) in [4.78, 5) is 13.6. The quantitative estimate of drug-likeness (QED) is 0.668. The Balaban J connectivity index is 2.90. The van der Waals surface area contributed by atoms with Crippen LogP contribution in [0.5, 0.6) is 5.75 Å². The molecule has 0 saturated carbocycles. The lowest BCUT2D eigenvalue weighted by atomic mass is 10.2. The molecule has 1 amide bonds. The maximum Gasteiger partial charge on any atom is 0.254 e. The average molecular weight is 354 g/mol. The fourth-order valence-electron chi connectivity index (χ4n) is 1.33. The number of nitrogens with zero attached hydrogens (tertiary/aromatic N) is 1. The highest BCUT2D eigenvalue weighted by atomic mass is 127. The monoisotopic (exact) mass is 353 g/mol. The number of aromatic hydroxyl groups is 1. The summed E-state index contributed by atoms with van der Waals surface area (Å²) in [7, 11) is 0. The van der Waals surface area contributed by atoms with Crippen molar-refractivity contribution in [3.05, 3.63) is 27.3 Å². The molecule has 0 unspecified atom stereocenters. The molecule has 0 spiro atoms. The Morgan fingerprint density at radius 1 is 1.56 bits per heavy atom. The van der Waals surface area contributed by atoms with Gasteiger partial charge in [0.05, 0.1) is 3.57 Å². The van der Waals surface area contributed by atoms with Gasteiger partial charge in [0, 0.05) is 24.5 Å². The Kier molecular flexibility index (Phi) is 5.34. The zero-order chi connectivity index (χ0) is 12.1. The number of carbonyl (C=O) groups excluding carboxylic acids is 1. The van der Waals surface area contributed by atoms with Gasteiger partial charge >= 0.3 is 0 Å². The molecule has 1 N–H and O–H groups in total. The summed E-state index contributed by atoms with van der Waals surface area (Å²) in [5, 5.41) is 9.53. The summed E-state index contributed by atoms with van der Waals surface area (Å²) < 4.78 is 0.731. The molecule has 0 saturated heterocycles. The maximum absolute atomic E-state index is 12.0. The third-order valence-electron chi connectivity index (χ3n) is 2.22. The number of amides is 1. The maximum atomic E-state index is 12.0. The van der Waals surface area contributed by atoms with Crippen LogP contribution < -0.4 is 0 Å². The van der Waals surface area contributed by atoms with E-state index in [2.05, 4.69) is 0 Å². The van der Waals surface area contributed by atoms with E-state index < -0.39 is 0 Å². The van der Waals surface area contributed by atoms with Gasteiger partial charge in [-0.3, -0.25) is 4.79 Å². The van der Waals surface area contributed by atoms with E-state index in [9.17, 15) is 9.90 Å². The molecular formula is C11H13ClINO2. The Morgan fingerprint density at radius 2 is 2.25 bits per heavy atom. The molecule has 1 aromatic rings. The van der Waals surface area contributed by atoms with Gasteiger partial charge in [-0.25, -0.2) is 0 Å². The fourth-order valence-corrected chi connectivity index (χ4v) is 1.87. The van der Waals surface area contributed by atoms with Crippen LogP contribution in [0.2, 0.25) is 0 Å². The third-order valence-corrected chi connectivity index (χ3v) is 3.30. The molecule has 0 aromatic heterocycles. The average Bonchev–Trinajstić information content (AvgIpc) is 2.28. The van der Waals surface area contributed by atoms with Crippen LogP contribution in [0.15, 0.2) is 18.2 Å². The van der Waals surface area contributed by atoms with E-state index >= 15 is 0 Å². The number of phenolic OH excluding ortho intramolecular Hbond substituents is 1. The number of carbonyl (C=O) groups is 1. The van der Waals surface area contributed by atoms with Gasteiger partial charge in [0.15, 0.2) is 0 Å². The number of hydrogen-bond acceptors (Lipinski definition) is 2. The Bertz CT molecular complexity index is 384. The second-order valence-electron chi connectivity index (χ2n) is 3.24. The minimum Gasteiger partial charge on any atom is -0.507 e. The molecular weight excluding hydrogens is 340 g/mol. The molecule has 0 aliphatic rings. The predicted molar refractivity (Wildman–Crippen MR) is 73.1 cm³/mol. The van der Waals surface area contributed by atoms with E-state index in [0.29, 0.717) is 24.5 Å². The van der Waals surface area contributed by atoms with Gasteiger partial charge in [-0.05, 0) is 47.7 Å². The number of hydrogen-bond donors (Lipinski definition) is 1. The number of phenols is 1. The molecule has 16 heavy (non-hydrogen) atoms. The second kappa shape index (κ2) is 6.30. The van der Waals surface area contributed by atoms with Crippen molar-refractivity contribution in [1.29, 1.82) is 0 Å². The molecule has 1 rings (SSSR count). The Hall–Kier alpha value is -0.490. The van der Waals surface area contributed by atoms with Crippen LogP contribution >= 0.6 is 34.2 Å². The van der Waals surface area contributed by atoms with E-state index in [1.165, 1.54) is 6.07 Å². The second-order valence-corrected chi connectivity index (χ2v) is 4.78. The van der Waals surface area contributed by atoms with Crippen LogP contribution in [0, 0.1) is 3.57 Å². The van der Waals surface area contributed by atoms with Gasteiger partial charge < -0.3 is 10.0 Å². The van der Waals surface area contributed by atoms with Crippen LogP contribution in [0.3, 0.4) is 0 Å². The summed E-state index contributed by atoms with van der Waals surface area (Å²) in [6.07, 6.45) is 0. The van der Waals surface area contributed by atoms with Gasteiger partial charge in [0.1, 0.15) is 5.75 Å². The molecule has 0 atom stereocenters. The SMILES string of the molecule is CCN(CCCl)C(=O)c1ccc(I)c(O)c1. The largest absolute Gasteiger partial charge is 0.507 e. The predicted octanol–water partition coefficient (Wildman–Crippen LogP) is 2.70. The molecule has 0 bridgehead atoms. The van der Waals surface area contributed by atoms with Crippen molar-refractivity contribution < 1.29 is 9.90 Å². The van der Waals surface area contributed by atoms with E-state index in [0.717, 1.165) is 3.57 Å². The highest BCUT2D eigenvalue weighted by molar-refractivity contribution is 14.1. The van der Waals surface area contributed by atoms with Gasteiger partial charge in [-0.2, -0.15) is 0 Å². The van der Waals surface area contributed by atoms with Gasteiger partial charge in [0.25, 0.3) is 5.91 Å². The van der Waals surface area contributed by atoms with Crippen molar-refractivity contribution in [2.75, 3.05) is 19.0 Å². The standard InChI is InChI=1S/C11H13ClINO2/c1-2-14(6-5-12)11(16)8-3-4-9(13)10(15)7-8/h3-4,7,15H,2,5-6H2,1H3. The zero-order valence-corrected chi connectivity index (χ0v) is 11.8. The van der Waals surface area contributed by atoms with Gasteiger partial charge in [-0.15, -0.1) is 11.6 Å². The van der Waals surface area contributed by atoms with Crippen molar-refractivity contribution in [3.8, 4) is 5.75 Å². The number of benzene rings is 1.